The number of aromatic nitrogens is 1. The molecule has 1 aromatic rings. The van der Waals surface area contributed by atoms with Crippen LogP contribution in [0.15, 0.2) is 5.38 Å². The number of likely N-dealkylation sites (N-methyl/N-ethyl adjacent to an activating group) is 1. The number of nitrogens with one attached hydrogen (secondary N) is 1. The third kappa shape index (κ3) is 5.43. The van der Waals surface area contributed by atoms with E-state index < -0.39 is 11.9 Å². The summed E-state index contributed by atoms with van der Waals surface area (Å²) in [6.45, 7) is 1.19. The van der Waals surface area contributed by atoms with Gasteiger partial charge in [-0.05, 0) is 0 Å². The van der Waals surface area contributed by atoms with Crippen LogP contribution >= 0.6 is 11.3 Å². The van der Waals surface area contributed by atoms with Crippen LogP contribution in [0.2, 0.25) is 0 Å². The lowest BCUT2D eigenvalue weighted by Crippen LogP contribution is -2.36. The molecule has 0 aliphatic rings. The first-order valence-electron chi connectivity index (χ1n) is 5.79. The van der Waals surface area contributed by atoms with Crippen LogP contribution in [0.25, 0.3) is 0 Å². The number of thiazole rings is 1. The minimum absolute atomic E-state index is 0.0610. The molecule has 114 valence electrons. The Kier molecular flexibility index (Phi) is 6.37. The van der Waals surface area contributed by atoms with E-state index >= 15 is 0 Å². The second-order valence-electron chi connectivity index (χ2n) is 4.04. The number of hydrogen-bond acceptors (Lipinski definition) is 5. The number of carbonyl (C=O) groups excluding carboxylic acids is 1. The van der Waals surface area contributed by atoms with Gasteiger partial charge in [-0.2, -0.15) is 13.2 Å². The molecule has 0 spiro atoms. The fourth-order valence-electron chi connectivity index (χ4n) is 1.31. The third-order valence-electron chi connectivity index (χ3n) is 2.40. The number of carbonyl (C=O) groups is 1. The van der Waals surface area contributed by atoms with Crippen LogP contribution in [-0.4, -0.2) is 49.6 Å². The van der Waals surface area contributed by atoms with E-state index in [4.69, 9.17) is 4.74 Å². The molecule has 0 aliphatic heterocycles. The largest absolute Gasteiger partial charge is 0.434 e. The fourth-order valence-corrected chi connectivity index (χ4v) is 2.16. The zero-order valence-corrected chi connectivity index (χ0v) is 12.0. The average molecular weight is 311 g/mol. The van der Waals surface area contributed by atoms with Gasteiger partial charge in [-0.1, -0.05) is 0 Å². The maximum absolute atomic E-state index is 12.4. The normalized spacial score (nSPS) is 11.7. The van der Waals surface area contributed by atoms with Crippen LogP contribution < -0.4 is 5.32 Å². The van der Waals surface area contributed by atoms with Crippen LogP contribution in [-0.2, 0) is 22.3 Å². The third-order valence-corrected chi connectivity index (χ3v) is 3.23. The van der Waals surface area contributed by atoms with Crippen molar-refractivity contribution < 1.29 is 22.7 Å². The molecule has 0 saturated heterocycles. The van der Waals surface area contributed by atoms with Gasteiger partial charge >= 0.3 is 6.18 Å². The van der Waals surface area contributed by atoms with Crippen molar-refractivity contribution in [3.05, 3.63) is 16.1 Å². The summed E-state index contributed by atoms with van der Waals surface area (Å²) in [5, 5.41) is 4.07. The quantitative estimate of drug-likeness (QED) is 0.773. The van der Waals surface area contributed by atoms with Crippen molar-refractivity contribution in [2.24, 2.45) is 0 Å². The van der Waals surface area contributed by atoms with Crippen molar-refractivity contribution >= 4 is 17.2 Å². The summed E-state index contributed by atoms with van der Waals surface area (Å²) in [6.07, 6.45) is -4.45. The first-order chi connectivity index (χ1) is 9.34. The average Bonchev–Trinajstić information content (AvgIpc) is 2.82. The van der Waals surface area contributed by atoms with Crippen LogP contribution in [0.5, 0.6) is 0 Å². The number of hydrogen-bond donors (Lipinski definition) is 1. The summed E-state index contributed by atoms with van der Waals surface area (Å²) in [5.74, 6) is -0.218. The Morgan fingerprint density at radius 2 is 2.25 bits per heavy atom. The first kappa shape index (κ1) is 16.9. The van der Waals surface area contributed by atoms with E-state index in [0.29, 0.717) is 13.2 Å². The molecule has 20 heavy (non-hydrogen) atoms. The summed E-state index contributed by atoms with van der Waals surface area (Å²) in [7, 11) is 3.07. The Hall–Kier alpha value is -1.19. The molecule has 0 bridgehead atoms. The van der Waals surface area contributed by atoms with Crippen LogP contribution in [0.1, 0.15) is 10.7 Å². The van der Waals surface area contributed by atoms with E-state index in [9.17, 15) is 18.0 Å². The lowest BCUT2D eigenvalue weighted by atomic mass is 10.4. The number of methoxy groups -OCH3 is 1. The highest BCUT2D eigenvalue weighted by atomic mass is 32.1. The van der Waals surface area contributed by atoms with Gasteiger partial charge in [0.1, 0.15) is 5.01 Å². The monoisotopic (exact) mass is 311 g/mol. The highest BCUT2D eigenvalue weighted by Gasteiger charge is 2.33. The van der Waals surface area contributed by atoms with Gasteiger partial charge in [0.15, 0.2) is 5.69 Å². The molecule has 0 radical (unpaired) electrons. The van der Waals surface area contributed by atoms with Gasteiger partial charge < -0.3 is 15.0 Å². The highest BCUT2D eigenvalue weighted by Crippen LogP contribution is 2.30. The molecule has 9 heteroatoms. The van der Waals surface area contributed by atoms with E-state index in [1.54, 1.807) is 7.11 Å². The van der Waals surface area contributed by atoms with Gasteiger partial charge in [-0.25, -0.2) is 4.98 Å². The first-order valence-corrected chi connectivity index (χ1v) is 6.67. The lowest BCUT2D eigenvalue weighted by molar-refractivity contribution is -0.140. The molecule has 0 fully saturated rings. The highest BCUT2D eigenvalue weighted by molar-refractivity contribution is 7.09. The van der Waals surface area contributed by atoms with Crippen LogP contribution in [0.3, 0.4) is 0 Å². The van der Waals surface area contributed by atoms with Gasteiger partial charge in [0.2, 0.25) is 5.91 Å². The Balaban J connectivity index is 2.43. The molecular weight excluding hydrogens is 295 g/mol. The van der Waals surface area contributed by atoms with E-state index in [2.05, 4.69) is 10.3 Å². The van der Waals surface area contributed by atoms with Crippen molar-refractivity contribution in [1.82, 2.24) is 15.2 Å². The Morgan fingerprint density at radius 3 is 2.80 bits per heavy atom. The Morgan fingerprint density at radius 1 is 1.55 bits per heavy atom. The molecule has 1 heterocycles. The minimum Gasteiger partial charge on any atom is -0.383 e. The second-order valence-corrected chi connectivity index (χ2v) is 4.99. The van der Waals surface area contributed by atoms with E-state index in [0.717, 1.165) is 16.7 Å². The number of rotatable bonds is 7. The number of halogens is 3. The summed E-state index contributed by atoms with van der Waals surface area (Å²) >= 11 is 0.889. The molecule has 1 amide bonds. The maximum Gasteiger partial charge on any atom is 0.434 e. The van der Waals surface area contributed by atoms with Crippen molar-refractivity contribution in [2.45, 2.75) is 12.7 Å². The second kappa shape index (κ2) is 7.55. The van der Waals surface area contributed by atoms with Gasteiger partial charge in [-0.15, -0.1) is 11.3 Å². The molecule has 5 nitrogen and oxygen atoms in total. The van der Waals surface area contributed by atoms with Crippen molar-refractivity contribution in [2.75, 3.05) is 33.9 Å². The predicted octanol–water partition coefficient (Wildman–Crippen LogP) is 1.36. The van der Waals surface area contributed by atoms with E-state index in [1.807, 2.05) is 0 Å². The fraction of sp³-hybridized carbons (Fsp3) is 0.636. The molecule has 0 saturated carbocycles. The molecule has 0 aliphatic carbocycles. The van der Waals surface area contributed by atoms with Crippen molar-refractivity contribution in [1.29, 1.82) is 0 Å². The smallest absolute Gasteiger partial charge is 0.383 e. The predicted molar refractivity (Wildman–Crippen MR) is 68.3 cm³/mol. The Bertz CT molecular complexity index is 437. The molecule has 0 aromatic carbocycles. The number of ether oxygens (including phenoxy) is 1. The van der Waals surface area contributed by atoms with Crippen molar-refractivity contribution in [3.63, 3.8) is 0 Å². The molecule has 0 atom stereocenters. The zero-order valence-electron chi connectivity index (χ0n) is 11.2. The lowest BCUT2D eigenvalue weighted by Gasteiger charge is -2.16. The minimum atomic E-state index is -4.45. The van der Waals surface area contributed by atoms with Gasteiger partial charge in [0.25, 0.3) is 0 Å². The zero-order chi connectivity index (χ0) is 15.2. The van der Waals surface area contributed by atoms with Gasteiger partial charge in [0.05, 0.1) is 19.7 Å². The number of alkyl halides is 3. The summed E-state index contributed by atoms with van der Waals surface area (Å²) in [5.41, 5.74) is -0.920. The van der Waals surface area contributed by atoms with E-state index in [-0.39, 0.29) is 24.0 Å². The molecule has 1 N–H and O–H groups in total. The summed E-state index contributed by atoms with van der Waals surface area (Å²) in [6, 6.07) is 0. The Labute approximate surface area is 118 Å². The standard InChI is InChI=1S/C11H16F3N3O2S/c1-17(10(18)5-15-3-4-19-2)6-9-16-8(7-20-9)11(12,13)14/h7,15H,3-6H2,1-2H3. The molecule has 1 rings (SSSR count). The SMILES string of the molecule is COCCNCC(=O)N(C)Cc1nc(C(F)(F)F)cs1. The molecular formula is C11H16F3N3O2S. The van der Waals surface area contributed by atoms with Gasteiger partial charge in [-0.3, -0.25) is 4.79 Å². The summed E-state index contributed by atoms with van der Waals surface area (Å²) in [4.78, 5) is 16.5. The maximum atomic E-state index is 12.4. The molecule has 1 aromatic heterocycles. The van der Waals surface area contributed by atoms with Crippen LogP contribution in [0, 0.1) is 0 Å². The number of nitrogens with zero attached hydrogens (tertiary/aromatic N) is 2. The van der Waals surface area contributed by atoms with Gasteiger partial charge in [0, 0.05) is 26.1 Å². The van der Waals surface area contributed by atoms with E-state index in [1.165, 1.54) is 11.9 Å². The molecule has 0 unspecified atom stereocenters. The number of amides is 1. The van der Waals surface area contributed by atoms with Crippen LogP contribution in [0.4, 0.5) is 13.2 Å². The summed E-state index contributed by atoms with van der Waals surface area (Å²) < 4.78 is 41.9. The van der Waals surface area contributed by atoms with Crippen molar-refractivity contribution in [3.8, 4) is 0 Å². The topological polar surface area (TPSA) is 54.5 Å².